The van der Waals surface area contributed by atoms with Crippen LogP contribution in [0.1, 0.15) is 31.2 Å². The van der Waals surface area contributed by atoms with E-state index in [1.54, 1.807) is 6.26 Å². The predicted octanol–water partition coefficient (Wildman–Crippen LogP) is 4.09. The Bertz CT molecular complexity index is 523. The van der Waals surface area contributed by atoms with Crippen LogP contribution < -0.4 is 10.6 Å². The van der Waals surface area contributed by atoms with Crippen molar-refractivity contribution in [2.45, 2.75) is 26.4 Å². The fourth-order valence-corrected chi connectivity index (χ4v) is 2.67. The molecule has 0 aliphatic rings. The van der Waals surface area contributed by atoms with E-state index in [1.165, 1.54) is 0 Å². The number of rotatable bonds is 5. The summed E-state index contributed by atoms with van der Waals surface area (Å²) in [6, 6.07) is 10.2. The van der Waals surface area contributed by atoms with Crippen molar-refractivity contribution in [2.24, 2.45) is 5.73 Å². The summed E-state index contributed by atoms with van der Waals surface area (Å²) < 4.78 is 6.48. The molecule has 2 N–H and O–H groups in total. The Labute approximate surface area is 122 Å². The van der Waals surface area contributed by atoms with E-state index in [4.69, 9.17) is 10.2 Å². The number of benzene rings is 1. The minimum atomic E-state index is 0.0468. The van der Waals surface area contributed by atoms with Crippen LogP contribution in [0, 0.1) is 0 Å². The average molecular weight is 323 g/mol. The molecule has 1 atom stereocenters. The highest BCUT2D eigenvalue weighted by Crippen LogP contribution is 2.30. The highest BCUT2D eigenvalue weighted by atomic mass is 79.9. The van der Waals surface area contributed by atoms with Gasteiger partial charge in [-0.15, -0.1) is 0 Å². The summed E-state index contributed by atoms with van der Waals surface area (Å²) in [6.07, 6.45) is 1.71. The zero-order valence-corrected chi connectivity index (χ0v) is 12.9. The number of anilines is 1. The zero-order chi connectivity index (χ0) is 13.8. The van der Waals surface area contributed by atoms with Crippen LogP contribution in [0.15, 0.2) is 45.5 Å². The van der Waals surface area contributed by atoms with Crippen molar-refractivity contribution >= 4 is 21.6 Å². The molecule has 0 aliphatic carbocycles. The monoisotopic (exact) mass is 322 g/mol. The van der Waals surface area contributed by atoms with E-state index in [-0.39, 0.29) is 6.04 Å². The second kappa shape index (κ2) is 6.26. The molecule has 2 rings (SSSR count). The first-order valence-electron chi connectivity index (χ1n) is 6.44. The number of hydrogen-bond donors (Lipinski definition) is 1. The van der Waals surface area contributed by atoms with Gasteiger partial charge in [-0.3, -0.25) is 0 Å². The van der Waals surface area contributed by atoms with Gasteiger partial charge in [0.1, 0.15) is 5.76 Å². The Balaban J connectivity index is 2.23. The summed E-state index contributed by atoms with van der Waals surface area (Å²) in [5.41, 5.74) is 8.19. The van der Waals surface area contributed by atoms with Crippen LogP contribution in [-0.2, 0) is 6.54 Å². The molecule has 0 amide bonds. The molecule has 1 aromatic heterocycles. The van der Waals surface area contributed by atoms with E-state index in [0.29, 0.717) is 0 Å². The molecular weight excluding hydrogens is 304 g/mol. The van der Waals surface area contributed by atoms with Gasteiger partial charge in [-0.05, 0) is 59.6 Å². The Morgan fingerprint density at radius 1 is 1.37 bits per heavy atom. The summed E-state index contributed by atoms with van der Waals surface area (Å²) in [7, 11) is 0. The number of nitrogens with two attached hydrogens (primary N) is 1. The maximum absolute atomic E-state index is 5.90. The van der Waals surface area contributed by atoms with E-state index in [0.717, 1.165) is 34.6 Å². The maximum Gasteiger partial charge on any atom is 0.123 e. The molecule has 0 bridgehead atoms. The second-order valence-corrected chi connectivity index (χ2v) is 5.45. The van der Waals surface area contributed by atoms with Gasteiger partial charge < -0.3 is 15.1 Å². The molecule has 0 aliphatic heterocycles. The van der Waals surface area contributed by atoms with Gasteiger partial charge in [-0.1, -0.05) is 6.07 Å². The average Bonchev–Trinajstić information content (AvgIpc) is 2.89. The van der Waals surface area contributed by atoms with Gasteiger partial charge in [0.15, 0.2) is 0 Å². The summed E-state index contributed by atoms with van der Waals surface area (Å²) >= 11 is 3.63. The molecule has 3 nitrogen and oxygen atoms in total. The molecule has 1 aromatic carbocycles. The van der Waals surface area contributed by atoms with E-state index in [9.17, 15) is 0 Å². The molecule has 0 unspecified atom stereocenters. The molecule has 19 heavy (non-hydrogen) atoms. The largest absolute Gasteiger partial charge is 0.467 e. The van der Waals surface area contributed by atoms with Crippen LogP contribution in [0.3, 0.4) is 0 Å². The van der Waals surface area contributed by atoms with Gasteiger partial charge in [0.25, 0.3) is 0 Å². The van der Waals surface area contributed by atoms with Crippen molar-refractivity contribution < 1.29 is 4.42 Å². The predicted molar refractivity (Wildman–Crippen MR) is 82.2 cm³/mol. The van der Waals surface area contributed by atoms with Crippen molar-refractivity contribution in [3.63, 3.8) is 0 Å². The standard InChI is InChI=1S/C15H19BrN2O/c1-3-18(10-13-5-4-8-19-13)15-7-6-12(11(2)17)9-14(15)16/h4-9,11H,3,10,17H2,1-2H3/t11-/m1/s1. The molecule has 0 radical (unpaired) electrons. The molecule has 0 fully saturated rings. The summed E-state index contributed by atoms with van der Waals surface area (Å²) in [6.45, 7) is 5.80. The molecule has 102 valence electrons. The molecule has 2 aromatic rings. The first-order valence-corrected chi connectivity index (χ1v) is 7.23. The number of nitrogens with zero attached hydrogens (tertiary/aromatic N) is 1. The van der Waals surface area contributed by atoms with E-state index < -0.39 is 0 Å². The third kappa shape index (κ3) is 3.39. The third-order valence-corrected chi connectivity index (χ3v) is 3.78. The van der Waals surface area contributed by atoms with E-state index >= 15 is 0 Å². The molecule has 0 saturated carbocycles. The molecule has 0 spiro atoms. The van der Waals surface area contributed by atoms with Crippen molar-refractivity contribution in [2.75, 3.05) is 11.4 Å². The van der Waals surface area contributed by atoms with Gasteiger partial charge in [0.2, 0.25) is 0 Å². The lowest BCUT2D eigenvalue weighted by Crippen LogP contribution is -2.22. The fraction of sp³-hybridized carbons (Fsp3) is 0.333. The van der Waals surface area contributed by atoms with Crippen molar-refractivity contribution in [1.82, 2.24) is 0 Å². The first-order chi connectivity index (χ1) is 9.11. The van der Waals surface area contributed by atoms with Crippen LogP contribution in [0.2, 0.25) is 0 Å². The minimum absolute atomic E-state index is 0.0468. The highest BCUT2D eigenvalue weighted by molar-refractivity contribution is 9.10. The highest BCUT2D eigenvalue weighted by Gasteiger charge is 2.12. The lowest BCUT2D eigenvalue weighted by Gasteiger charge is -2.24. The molecule has 0 saturated heterocycles. The van der Waals surface area contributed by atoms with E-state index in [2.05, 4.69) is 46.0 Å². The summed E-state index contributed by atoms with van der Waals surface area (Å²) in [4.78, 5) is 2.26. The normalized spacial score (nSPS) is 12.4. The second-order valence-electron chi connectivity index (χ2n) is 4.59. The molecule has 1 heterocycles. The number of halogens is 1. The quantitative estimate of drug-likeness (QED) is 0.901. The van der Waals surface area contributed by atoms with Crippen LogP contribution in [-0.4, -0.2) is 6.54 Å². The minimum Gasteiger partial charge on any atom is -0.467 e. The first kappa shape index (κ1) is 14.2. The lowest BCUT2D eigenvalue weighted by atomic mass is 10.1. The van der Waals surface area contributed by atoms with Crippen molar-refractivity contribution in [3.05, 3.63) is 52.4 Å². The van der Waals surface area contributed by atoms with Gasteiger partial charge in [-0.25, -0.2) is 0 Å². The topological polar surface area (TPSA) is 42.4 Å². The van der Waals surface area contributed by atoms with Crippen molar-refractivity contribution in [3.8, 4) is 0 Å². The lowest BCUT2D eigenvalue weighted by molar-refractivity contribution is 0.503. The van der Waals surface area contributed by atoms with Gasteiger partial charge in [-0.2, -0.15) is 0 Å². The van der Waals surface area contributed by atoms with Gasteiger partial charge in [0.05, 0.1) is 18.5 Å². The smallest absolute Gasteiger partial charge is 0.123 e. The van der Waals surface area contributed by atoms with Crippen LogP contribution in [0.4, 0.5) is 5.69 Å². The molecule has 4 heteroatoms. The summed E-state index contributed by atoms with van der Waals surface area (Å²) in [5.74, 6) is 0.963. The Morgan fingerprint density at radius 2 is 2.16 bits per heavy atom. The Morgan fingerprint density at radius 3 is 2.68 bits per heavy atom. The summed E-state index contributed by atoms with van der Waals surface area (Å²) in [5, 5.41) is 0. The number of furan rings is 1. The zero-order valence-electron chi connectivity index (χ0n) is 11.3. The van der Waals surface area contributed by atoms with Crippen LogP contribution >= 0.6 is 15.9 Å². The van der Waals surface area contributed by atoms with E-state index in [1.807, 2.05) is 19.1 Å². The van der Waals surface area contributed by atoms with Crippen LogP contribution in [0.25, 0.3) is 0 Å². The fourth-order valence-electron chi connectivity index (χ4n) is 2.02. The maximum atomic E-state index is 5.90. The van der Waals surface area contributed by atoms with Crippen molar-refractivity contribution in [1.29, 1.82) is 0 Å². The Kier molecular flexibility index (Phi) is 4.66. The molecular formula is C15H19BrN2O. The third-order valence-electron chi connectivity index (χ3n) is 3.15. The van der Waals surface area contributed by atoms with Gasteiger partial charge >= 0.3 is 0 Å². The van der Waals surface area contributed by atoms with Gasteiger partial charge in [0, 0.05) is 17.1 Å². The Hall–Kier alpha value is -1.26. The van der Waals surface area contributed by atoms with Crippen LogP contribution in [0.5, 0.6) is 0 Å². The number of hydrogen-bond acceptors (Lipinski definition) is 3. The SMILES string of the molecule is CCN(Cc1ccco1)c1ccc([C@@H](C)N)cc1Br.